The van der Waals surface area contributed by atoms with E-state index < -0.39 is 5.60 Å². The number of β-amino-alcohol motifs (C(OH)–C–C–N with tert-alkyl or cyclic N) is 1. The maximum absolute atomic E-state index is 10.3. The normalized spacial score (nSPS) is 30.3. The zero-order chi connectivity index (χ0) is 11.6. The number of aryl methyl sites for hydroxylation is 1. The molecule has 1 aliphatic rings. The lowest BCUT2D eigenvalue weighted by atomic mass is 9.79. The molecule has 0 bridgehead atoms. The average Bonchev–Trinajstić information content (AvgIpc) is 2.21. The number of piperidine rings is 1. The van der Waals surface area contributed by atoms with E-state index in [2.05, 4.69) is 36.5 Å². The van der Waals surface area contributed by atoms with Crippen LogP contribution in [0.3, 0.4) is 0 Å². The summed E-state index contributed by atoms with van der Waals surface area (Å²) in [6, 6.07) is 8.59. The Morgan fingerprint density at radius 1 is 1.50 bits per heavy atom. The van der Waals surface area contributed by atoms with Gasteiger partial charge in [-0.3, -0.25) is 0 Å². The van der Waals surface area contributed by atoms with Crippen LogP contribution in [0.4, 0.5) is 0 Å². The van der Waals surface area contributed by atoms with Gasteiger partial charge in [-0.1, -0.05) is 29.8 Å². The molecule has 16 heavy (non-hydrogen) atoms. The first-order valence-corrected chi connectivity index (χ1v) is 6.06. The maximum Gasteiger partial charge on any atom is 0.0775 e. The molecule has 0 amide bonds. The van der Waals surface area contributed by atoms with Crippen LogP contribution in [0.5, 0.6) is 0 Å². The summed E-state index contributed by atoms with van der Waals surface area (Å²) in [5.74, 6) is 0.371. The van der Waals surface area contributed by atoms with E-state index in [1.54, 1.807) is 0 Å². The van der Waals surface area contributed by atoms with E-state index in [-0.39, 0.29) is 0 Å². The van der Waals surface area contributed by atoms with Crippen molar-refractivity contribution in [1.29, 1.82) is 0 Å². The molecule has 1 aromatic carbocycles. The van der Waals surface area contributed by atoms with Gasteiger partial charge in [0.15, 0.2) is 0 Å². The van der Waals surface area contributed by atoms with Gasteiger partial charge >= 0.3 is 0 Å². The predicted octanol–water partition coefficient (Wildman–Crippen LogP) is 1.90. The molecular formula is C14H21NO. The van der Waals surface area contributed by atoms with E-state index in [4.69, 9.17) is 0 Å². The SMILES string of the molecule is Cc1cccc(CC2CCNCC2(C)O)c1. The van der Waals surface area contributed by atoms with Crippen molar-refractivity contribution < 1.29 is 5.11 Å². The maximum atomic E-state index is 10.3. The van der Waals surface area contributed by atoms with Crippen molar-refractivity contribution in [2.75, 3.05) is 13.1 Å². The summed E-state index contributed by atoms with van der Waals surface area (Å²) in [6.45, 7) is 5.79. The van der Waals surface area contributed by atoms with Crippen LogP contribution in [0.1, 0.15) is 24.5 Å². The number of aliphatic hydroxyl groups is 1. The molecule has 1 heterocycles. The first-order valence-electron chi connectivity index (χ1n) is 6.06. The lowest BCUT2D eigenvalue weighted by Gasteiger charge is -2.37. The molecule has 1 aliphatic heterocycles. The summed E-state index contributed by atoms with van der Waals surface area (Å²) in [5, 5.41) is 13.6. The highest BCUT2D eigenvalue weighted by atomic mass is 16.3. The summed E-state index contributed by atoms with van der Waals surface area (Å²) < 4.78 is 0. The van der Waals surface area contributed by atoms with E-state index in [1.165, 1.54) is 11.1 Å². The van der Waals surface area contributed by atoms with Crippen LogP contribution in [0.2, 0.25) is 0 Å². The fraction of sp³-hybridized carbons (Fsp3) is 0.571. The summed E-state index contributed by atoms with van der Waals surface area (Å²) in [6.07, 6.45) is 2.04. The van der Waals surface area contributed by atoms with E-state index in [0.717, 1.165) is 19.4 Å². The van der Waals surface area contributed by atoms with Crippen molar-refractivity contribution in [3.05, 3.63) is 35.4 Å². The number of benzene rings is 1. The Labute approximate surface area is 97.7 Å². The quantitative estimate of drug-likeness (QED) is 0.796. The first kappa shape index (κ1) is 11.6. The van der Waals surface area contributed by atoms with E-state index >= 15 is 0 Å². The highest BCUT2D eigenvalue weighted by Gasteiger charge is 2.34. The summed E-state index contributed by atoms with van der Waals surface area (Å²) >= 11 is 0. The zero-order valence-corrected chi connectivity index (χ0v) is 10.2. The molecule has 1 aromatic rings. The molecule has 0 radical (unpaired) electrons. The Kier molecular flexibility index (Phi) is 3.31. The third-order valence-electron chi connectivity index (χ3n) is 3.60. The molecule has 0 aliphatic carbocycles. The minimum Gasteiger partial charge on any atom is -0.389 e. The topological polar surface area (TPSA) is 32.3 Å². The van der Waals surface area contributed by atoms with Gasteiger partial charge in [-0.2, -0.15) is 0 Å². The summed E-state index contributed by atoms with van der Waals surface area (Å²) in [4.78, 5) is 0. The first-order chi connectivity index (χ1) is 7.58. The van der Waals surface area contributed by atoms with Crippen LogP contribution in [0, 0.1) is 12.8 Å². The molecule has 0 spiro atoms. The van der Waals surface area contributed by atoms with Crippen LogP contribution >= 0.6 is 0 Å². The Hall–Kier alpha value is -0.860. The van der Waals surface area contributed by atoms with Gasteiger partial charge in [-0.05, 0) is 44.7 Å². The number of nitrogens with one attached hydrogen (secondary N) is 1. The van der Waals surface area contributed by atoms with Crippen LogP contribution in [-0.4, -0.2) is 23.8 Å². The lowest BCUT2D eigenvalue weighted by Crippen LogP contribution is -2.50. The second-order valence-electron chi connectivity index (χ2n) is 5.21. The van der Waals surface area contributed by atoms with Gasteiger partial charge in [0.25, 0.3) is 0 Å². The molecule has 2 N–H and O–H groups in total. The minimum atomic E-state index is -0.567. The van der Waals surface area contributed by atoms with E-state index in [1.807, 2.05) is 6.92 Å². The number of hydrogen-bond donors (Lipinski definition) is 2. The molecule has 2 unspecified atom stereocenters. The molecule has 2 nitrogen and oxygen atoms in total. The Morgan fingerprint density at radius 2 is 2.31 bits per heavy atom. The van der Waals surface area contributed by atoms with Gasteiger partial charge in [0.1, 0.15) is 0 Å². The minimum absolute atomic E-state index is 0.371. The van der Waals surface area contributed by atoms with Gasteiger partial charge in [-0.25, -0.2) is 0 Å². The Morgan fingerprint density at radius 3 is 3.00 bits per heavy atom. The largest absolute Gasteiger partial charge is 0.389 e. The molecule has 1 fully saturated rings. The molecule has 88 valence electrons. The number of rotatable bonds is 2. The molecule has 2 rings (SSSR count). The Balaban J connectivity index is 2.08. The van der Waals surface area contributed by atoms with Gasteiger partial charge in [-0.15, -0.1) is 0 Å². The molecule has 2 heteroatoms. The molecule has 0 saturated carbocycles. The third kappa shape index (κ3) is 2.63. The lowest BCUT2D eigenvalue weighted by molar-refractivity contribution is -0.0192. The van der Waals surface area contributed by atoms with Crippen molar-refractivity contribution >= 4 is 0 Å². The van der Waals surface area contributed by atoms with E-state index in [0.29, 0.717) is 12.5 Å². The van der Waals surface area contributed by atoms with E-state index in [9.17, 15) is 5.11 Å². The van der Waals surface area contributed by atoms with Gasteiger partial charge in [0.05, 0.1) is 5.60 Å². The molecule has 1 saturated heterocycles. The van der Waals surface area contributed by atoms with Crippen LogP contribution < -0.4 is 5.32 Å². The predicted molar refractivity (Wildman–Crippen MR) is 66.5 cm³/mol. The van der Waals surface area contributed by atoms with Gasteiger partial charge < -0.3 is 10.4 Å². The van der Waals surface area contributed by atoms with Crippen molar-refractivity contribution in [1.82, 2.24) is 5.32 Å². The van der Waals surface area contributed by atoms with Crippen LogP contribution in [-0.2, 0) is 6.42 Å². The number of hydrogen-bond acceptors (Lipinski definition) is 2. The van der Waals surface area contributed by atoms with Crippen molar-refractivity contribution in [2.45, 2.75) is 32.3 Å². The standard InChI is InChI=1S/C14H21NO/c1-11-4-3-5-12(8-11)9-13-6-7-15-10-14(13,2)16/h3-5,8,13,15-16H,6-7,9-10H2,1-2H3. The smallest absolute Gasteiger partial charge is 0.0775 e. The molecule has 0 aromatic heterocycles. The third-order valence-corrected chi connectivity index (χ3v) is 3.60. The molecule has 2 atom stereocenters. The second-order valence-corrected chi connectivity index (χ2v) is 5.21. The van der Waals surface area contributed by atoms with Crippen molar-refractivity contribution in [2.24, 2.45) is 5.92 Å². The van der Waals surface area contributed by atoms with Crippen molar-refractivity contribution in [3.8, 4) is 0 Å². The summed E-state index contributed by atoms with van der Waals surface area (Å²) in [5.41, 5.74) is 2.07. The zero-order valence-electron chi connectivity index (χ0n) is 10.2. The highest BCUT2D eigenvalue weighted by Crippen LogP contribution is 2.27. The van der Waals surface area contributed by atoms with Crippen LogP contribution in [0.25, 0.3) is 0 Å². The Bertz CT molecular complexity index is 360. The van der Waals surface area contributed by atoms with Gasteiger partial charge in [0, 0.05) is 6.54 Å². The highest BCUT2D eigenvalue weighted by molar-refractivity contribution is 5.23. The fourth-order valence-electron chi connectivity index (χ4n) is 2.52. The van der Waals surface area contributed by atoms with Crippen LogP contribution in [0.15, 0.2) is 24.3 Å². The molecular weight excluding hydrogens is 198 g/mol. The second kappa shape index (κ2) is 4.56. The monoisotopic (exact) mass is 219 g/mol. The average molecular weight is 219 g/mol. The van der Waals surface area contributed by atoms with Crippen molar-refractivity contribution in [3.63, 3.8) is 0 Å². The van der Waals surface area contributed by atoms with Gasteiger partial charge in [0.2, 0.25) is 0 Å². The summed E-state index contributed by atoms with van der Waals surface area (Å²) in [7, 11) is 0. The fourth-order valence-corrected chi connectivity index (χ4v) is 2.52.